The number of hydrogen-bond donors (Lipinski definition) is 2. The normalized spacial score (nSPS) is 12.5. The molecule has 0 amide bonds. The van der Waals surface area contributed by atoms with E-state index in [-0.39, 0.29) is 5.75 Å². The zero-order valence-corrected chi connectivity index (χ0v) is 15.0. The summed E-state index contributed by atoms with van der Waals surface area (Å²) in [7, 11) is 0. The van der Waals surface area contributed by atoms with Gasteiger partial charge in [0.2, 0.25) is 0 Å². The van der Waals surface area contributed by atoms with Crippen LogP contribution in [0.5, 0.6) is 0 Å². The number of aliphatic hydroxyl groups is 1. The van der Waals surface area contributed by atoms with Gasteiger partial charge < -0.3 is 10.2 Å². The molecule has 0 radical (unpaired) electrons. The first-order valence-corrected chi connectivity index (χ1v) is 9.34. The van der Waals surface area contributed by atoms with E-state index in [4.69, 9.17) is 5.11 Å². The van der Waals surface area contributed by atoms with Crippen LogP contribution in [0.4, 0.5) is 0 Å². The molecule has 3 rings (SSSR count). The van der Waals surface area contributed by atoms with Gasteiger partial charge in [-0.15, -0.1) is 11.8 Å². The van der Waals surface area contributed by atoms with Crippen molar-refractivity contribution in [1.82, 2.24) is 0 Å². The zero-order valence-electron chi connectivity index (χ0n) is 14.2. The van der Waals surface area contributed by atoms with Crippen molar-refractivity contribution in [2.75, 3.05) is 5.75 Å². The highest BCUT2D eigenvalue weighted by molar-refractivity contribution is 8.00. The molecule has 26 heavy (non-hydrogen) atoms. The van der Waals surface area contributed by atoms with Gasteiger partial charge in [0.1, 0.15) is 0 Å². The topological polar surface area (TPSA) is 57.5 Å². The summed E-state index contributed by atoms with van der Waals surface area (Å²) >= 11 is 1.43. The number of aliphatic carboxylic acids is 1. The minimum absolute atomic E-state index is 0.0774. The van der Waals surface area contributed by atoms with E-state index in [2.05, 4.69) is 0 Å². The van der Waals surface area contributed by atoms with Gasteiger partial charge in [-0.1, -0.05) is 91.0 Å². The Balaban J connectivity index is 2.19. The molecule has 0 saturated carbocycles. The number of hydrogen-bond acceptors (Lipinski definition) is 3. The first-order chi connectivity index (χ1) is 12.6. The quantitative estimate of drug-likeness (QED) is 0.618. The molecule has 4 heteroatoms. The lowest BCUT2D eigenvalue weighted by atomic mass is 9.84. The van der Waals surface area contributed by atoms with Crippen molar-refractivity contribution in [3.05, 3.63) is 108 Å². The van der Waals surface area contributed by atoms with Gasteiger partial charge in [0.15, 0.2) is 6.10 Å². The fraction of sp³-hybridized carbons (Fsp3) is 0.136. The third kappa shape index (κ3) is 3.66. The van der Waals surface area contributed by atoms with Crippen LogP contribution in [-0.4, -0.2) is 28.0 Å². The summed E-state index contributed by atoms with van der Waals surface area (Å²) in [5.41, 5.74) is 3.12. The highest BCUT2D eigenvalue weighted by Crippen LogP contribution is 2.48. The number of rotatable bonds is 7. The minimum atomic E-state index is -1.42. The maximum Gasteiger partial charge on any atom is 0.333 e. The molecular weight excluding hydrogens is 344 g/mol. The van der Waals surface area contributed by atoms with E-state index in [0.29, 0.717) is 0 Å². The second kappa shape index (κ2) is 8.21. The summed E-state index contributed by atoms with van der Waals surface area (Å²) in [5, 5.41) is 19.0. The van der Waals surface area contributed by atoms with Gasteiger partial charge in [0.25, 0.3) is 0 Å². The summed E-state index contributed by atoms with van der Waals surface area (Å²) in [5.74, 6) is -1.13. The van der Waals surface area contributed by atoms with Crippen LogP contribution in [0.3, 0.4) is 0 Å². The van der Waals surface area contributed by atoms with Crippen LogP contribution in [0, 0.1) is 0 Å². The number of benzene rings is 3. The predicted molar refractivity (Wildman–Crippen MR) is 105 cm³/mol. The van der Waals surface area contributed by atoms with Crippen LogP contribution in [0.15, 0.2) is 91.0 Å². The number of aliphatic hydroxyl groups excluding tert-OH is 1. The van der Waals surface area contributed by atoms with Crippen molar-refractivity contribution in [3.8, 4) is 0 Å². The molecule has 0 fully saturated rings. The molecule has 0 aliphatic carbocycles. The average molecular weight is 364 g/mol. The fourth-order valence-electron chi connectivity index (χ4n) is 3.04. The first kappa shape index (κ1) is 18.2. The van der Waals surface area contributed by atoms with E-state index in [1.165, 1.54) is 11.8 Å². The second-order valence-electron chi connectivity index (χ2n) is 5.94. The Hall–Kier alpha value is -2.56. The van der Waals surface area contributed by atoms with Crippen molar-refractivity contribution in [3.63, 3.8) is 0 Å². The lowest BCUT2D eigenvalue weighted by Crippen LogP contribution is -2.30. The molecule has 3 nitrogen and oxygen atoms in total. The molecule has 1 atom stereocenters. The third-order valence-corrected chi connectivity index (χ3v) is 5.91. The summed E-state index contributed by atoms with van der Waals surface area (Å²) in [4.78, 5) is 11.2. The molecule has 132 valence electrons. The maximum atomic E-state index is 11.2. The number of thioether (sulfide) groups is 1. The highest BCUT2D eigenvalue weighted by Gasteiger charge is 2.37. The predicted octanol–water partition coefficient (Wildman–Crippen LogP) is 4.16. The largest absolute Gasteiger partial charge is 0.479 e. The Bertz CT molecular complexity index is 738. The van der Waals surface area contributed by atoms with E-state index in [1.807, 2.05) is 91.0 Å². The van der Waals surface area contributed by atoms with Crippen LogP contribution in [0.25, 0.3) is 0 Å². The van der Waals surface area contributed by atoms with E-state index in [0.717, 1.165) is 16.7 Å². The number of carboxylic acids is 1. The molecule has 0 aliphatic rings. The van der Waals surface area contributed by atoms with Crippen LogP contribution >= 0.6 is 11.8 Å². The monoisotopic (exact) mass is 364 g/mol. The van der Waals surface area contributed by atoms with Gasteiger partial charge in [-0.05, 0) is 16.7 Å². The van der Waals surface area contributed by atoms with Crippen LogP contribution in [0.1, 0.15) is 16.7 Å². The van der Waals surface area contributed by atoms with Gasteiger partial charge in [0, 0.05) is 5.75 Å². The highest BCUT2D eigenvalue weighted by atomic mass is 32.2. The minimum Gasteiger partial charge on any atom is -0.479 e. The lowest BCUT2D eigenvalue weighted by molar-refractivity contribution is -0.145. The molecule has 3 aromatic carbocycles. The molecule has 0 unspecified atom stereocenters. The smallest absolute Gasteiger partial charge is 0.333 e. The molecule has 2 N–H and O–H groups in total. The molecule has 0 aromatic heterocycles. The summed E-state index contributed by atoms with van der Waals surface area (Å²) < 4.78 is -0.611. The van der Waals surface area contributed by atoms with E-state index in [9.17, 15) is 9.90 Å². The van der Waals surface area contributed by atoms with Gasteiger partial charge >= 0.3 is 5.97 Å². The van der Waals surface area contributed by atoms with Crippen molar-refractivity contribution >= 4 is 17.7 Å². The van der Waals surface area contributed by atoms with E-state index in [1.54, 1.807) is 0 Å². The molecule has 0 saturated heterocycles. The number of carboxylic acid groups (broad SMARTS) is 1. The van der Waals surface area contributed by atoms with Gasteiger partial charge in [-0.2, -0.15) is 0 Å². The Morgan fingerprint density at radius 3 is 1.42 bits per heavy atom. The van der Waals surface area contributed by atoms with Crippen molar-refractivity contribution < 1.29 is 15.0 Å². The summed E-state index contributed by atoms with van der Waals surface area (Å²) in [6, 6.07) is 30.0. The number of carbonyl (C=O) groups is 1. The Morgan fingerprint density at radius 2 is 1.12 bits per heavy atom. The molecule has 0 spiro atoms. The molecule has 0 heterocycles. The third-order valence-electron chi connectivity index (χ3n) is 4.28. The van der Waals surface area contributed by atoms with Crippen molar-refractivity contribution in [1.29, 1.82) is 0 Å². The lowest BCUT2D eigenvalue weighted by Gasteiger charge is -2.35. The Morgan fingerprint density at radius 1 is 0.769 bits per heavy atom. The molecule has 0 bridgehead atoms. The van der Waals surface area contributed by atoms with Gasteiger partial charge in [0.05, 0.1) is 4.75 Å². The SMILES string of the molecule is O=C(O)[C@@H](O)CSC(c1ccccc1)(c1ccccc1)c1ccccc1. The maximum absolute atomic E-state index is 11.2. The zero-order chi connectivity index (χ0) is 18.4. The van der Waals surface area contributed by atoms with Crippen LogP contribution < -0.4 is 0 Å². The molecular formula is C22H20O3S. The second-order valence-corrected chi connectivity index (χ2v) is 7.18. The fourth-order valence-corrected chi connectivity index (χ4v) is 4.50. The van der Waals surface area contributed by atoms with Crippen molar-refractivity contribution in [2.24, 2.45) is 0 Å². The first-order valence-electron chi connectivity index (χ1n) is 8.36. The van der Waals surface area contributed by atoms with Gasteiger partial charge in [-0.3, -0.25) is 0 Å². The molecule has 0 aliphatic heterocycles. The van der Waals surface area contributed by atoms with E-state index < -0.39 is 16.8 Å². The summed E-state index contributed by atoms with van der Waals surface area (Å²) in [6.45, 7) is 0. The van der Waals surface area contributed by atoms with E-state index >= 15 is 0 Å². The Kier molecular flexibility index (Phi) is 5.76. The standard InChI is InChI=1S/C22H20O3S/c23-20(21(24)25)16-26-22(17-10-4-1-5-11-17,18-12-6-2-7-13-18)19-14-8-3-9-15-19/h1-15,20,23H,16H2,(H,24,25)/t20-/m0/s1. The van der Waals surface area contributed by atoms with Crippen LogP contribution in [-0.2, 0) is 9.54 Å². The van der Waals surface area contributed by atoms with Gasteiger partial charge in [-0.25, -0.2) is 4.79 Å². The van der Waals surface area contributed by atoms with Crippen LogP contribution in [0.2, 0.25) is 0 Å². The average Bonchev–Trinajstić information content (AvgIpc) is 2.70. The molecule has 3 aromatic rings. The summed E-state index contributed by atoms with van der Waals surface area (Å²) in [6.07, 6.45) is -1.42. The Labute approximate surface area is 157 Å². The van der Waals surface area contributed by atoms with Crippen molar-refractivity contribution in [2.45, 2.75) is 10.9 Å².